The number of aromatic nitrogens is 4. The minimum Gasteiger partial charge on any atom is -0.491 e. The highest BCUT2D eigenvalue weighted by Crippen LogP contribution is 2.40. The summed E-state index contributed by atoms with van der Waals surface area (Å²) in [4.78, 5) is 53.4. The molecule has 47 heavy (non-hydrogen) atoms. The minimum absolute atomic E-state index is 0.0718. The average molecular weight is 650 g/mol. The quantitative estimate of drug-likeness (QED) is 0.0830. The van der Waals surface area contributed by atoms with Crippen molar-refractivity contribution >= 4 is 46.1 Å². The number of benzene rings is 2. The summed E-state index contributed by atoms with van der Waals surface area (Å²) in [5.74, 6) is -1.26. The van der Waals surface area contributed by atoms with Crippen LogP contribution in [0, 0.1) is 17.0 Å². The molecular formula is C30H35N9O8. The summed E-state index contributed by atoms with van der Waals surface area (Å²) in [7, 11) is 1.54. The van der Waals surface area contributed by atoms with Crippen LogP contribution >= 0.6 is 0 Å². The van der Waals surface area contributed by atoms with Crippen molar-refractivity contribution in [1.82, 2.24) is 19.3 Å². The number of rotatable bonds is 15. The maximum absolute atomic E-state index is 13.4. The van der Waals surface area contributed by atoms with Gasteiger partial charge in [-0.2, -0.15) is 5.10 Å². The number of imidazole rings is 1. The summed E-state index contributed by atoms with van der Waals surface area (Å²) in [5.41, 5.74) is 12.7. The molecule has 1 aliphatic rings. The number of aryl methyl sites for hydroxylation is 2. The molecule has 0 bridgehead atoms. The molecule has 0 fully saturated rings. The molecule has 3 heterocycles. The Kier molecular flexibility index (Phi) is 9.55. The molecule has 0 aliphatic carbocycles. The molecule has 3 amide bonds. The number of nitrogens with two attached hydrogens (primary N) is 2. The number of nitrogens with one attached hydrogen (secondary N) is 2. The number of nitro groups is 1. The normalized spacial score (nSPS) is 13.6. The molecule has 0 unspecified atom stereocenters. The number of primary amides is 2. The number of carbonyl (C=O) groups excluding carboxylic acids is 3. The molecular weight excluding hydrogens is 614 g/mol. The van der Waals surface area contributed by atoms with E-state index in [1.54, 1.807) is 24.8 Å². The topological polar surface area (TPSA) is 234 Å². The SMILES string of the molecule is CCn1nc(C)cc1C(=O)Nc1nc2cc(C(N)=O)cc3c2n1[C@@H](CCNc1c(OCCCOC)cc(C(N)=O)cc1[N+](=O)[O-])CO3. The molecule has 5 rings (SSSR count). The number of nitrogens with zero attached hydrogens (tertiary/aromatic N) is 5. The van der Waals surface area contributed by atoms with Crippen LogP contribution in [0.4, 0.5) is 17.3 Å². The van der Waals surface area contributed by atoms with Crippen molar-refractivity contribution in [2.24, 2.45) is 11.5 Å². The fourth-order valence-electron chi connectivity index (χ4n) is 5.43. The zero-order chi connectivity index (χ0) is 33.8. The summed E-state index contributed by atoms with van der Waals surface area (Å²) in [6.45, 7) is 5.03. The van der Waals surface area contributed by atoms with Gasteiger partial charge in [0.25, 0.3) is 11.6 Å². The van der Waals surface area contributed by atoms with Crippen molar-refractivity contribution in [3.05, 3.63) is 63.0 Å². The van der Waals surface area contributed by atoms with Crippen molar-refractivity contribution in [2.75, 3.05) is 44.1 Å². The molecule has 4 aromatic rings. The zero-order valence-corrected chi connectivity index (χ0v) is 26.1. The Balaban J connectivity index is 1.46. The Bertz CT molecular complexity index is 1870. The van der Waals surface area contributed by atoms with Gasteiger partial charge in [0.15, 0.2) is 5.69 Å². The van der Waals surface area contributed by atoms with Gasteiger partial charge in [-0.15, -0.1) is 0 Å². The van der Waals surface area contributed by atoms with Crippen LogP contribution in [0.2, 0.25) is 0 Å². The second kappa shape index (κ2) is 13.7. The average Bonchev–Trinajstić information content (AvgIpc) is 3.60. The standard InChI is InChI=1S/C30H35N9O8/c1-4-37-22(10-16(2)36-37)29(42)35-30-34-20-11-17(27(31)40)14-24-26(20)38(30)19(15-47-24)6-7-33-25-21(39(43)44)12-18(28(32)41)13-23(25)46-9-5-8-45-3/h10-14,19,33H,4-9,15H2,1-3H3,(H2,31,40)(H2,32,41)(H,34,35,42)/t19-/m0/s1. The van der Waals surface area contributed by atoms with Crippen LogP contribution in [0.25, 0.3) is 11.0 Å². The van der Waals surface area contributed by atoms with Gasteiger partial charge in [-0.25, -0.2) is 4.98 Å². The molecule has 1 atom stereocenters. The molecule has 0 radical (unpaired) electrons. The molecule has 2 aromatic heterocycles. The molecule has 2 aromatic carbocycles. The number of nitro benzene ring substituents is 1. The van der Waals surface area contributed by atoms with Crippen molar-refractivity contribution in [1.29, 1.82) is 0 Å². The van der Waals surface area contributed by atoms with Crippen LogP contribution in [-0.4, -0.2) is 75.5 Å². The van der Waals surface area contributed by atoms with Crippen LogP contribution in [0.3, 0.4) is 0 Å². The van der Waals surface area contributed by atoms with Gasteiger partial charge in [-0.05, 0) is 44.5 Å². The lowest BCUT2D eigenvalue weighted by molar-refractivity contribution is -0.384. The third-order valence-corrected chi connectivity index (χ3v) is 7.58. The van der Waals surface area contributed by atoms with Crippen LogP contribution in [-0.2, 0) is 11.3 Å². The summed E-state index contributed by atoms with van der Waals surface area (Å²) < 4.78 is 20.3. The lowest BCUT2D eigenvalue weighted by Gasteiger charge is -2.27. The van der Waals surface area contributed by atoms with E-state index in [0.29, 0.717) is 54.2 Å². The van der Waals surface area contributed by atoms with Crippen molar-refractivity contribution in [3.63, 3.8) is 0 Å². The number of hydrogen-bond acceptors (Lipinski definition) is 11. The first-order valence-corrected chi connectivity index (χ1v) is 14.8. The van der Waals surface area contributed by atoms with Gasteiger partial charge in [-0.1, -0.05) is 0 Å². The molecule has 248 valence electrons. The van der Waals surface area contributed by atoms with Crippen LogP contribution < -0.4 is 31.6 Å². The largest absolute Gasteiger partial charge is 0.491 e. The highest BCUT2D eigenvalue weighted by Gasteiger charge is 2.30. The number of ether oxygens (including phenoxy) is 3. The first-order valence-electron chi connectivity index (χ1n) is 14.8. The predicted octanol–water partition coefficient (Wildman–Crippen LogP) is 2.77. The first-order chi connectivity index (χ1) is 22.5. The Hall–Kier alpha value is -5.71. The fourth-order valence-corrected chi connectivity index (χ4v) is 5.43. The van der Waals surface area contributed by atoms with E-state index in [1.165, 1.54) is 18.2 Å². The van der Waals surface area contributed by atoms with Gasteiger partial charge in [0, 0.05) is 50.4 Å². The molecule has 17 nitrogen and oxygen atoms in total. The van der Waals surface area contributed by atoms with Gasteiger partial charge >= 0.3 is 0 Å². The molecule has 17 heteroatoms. The number of amides is 3. The first kappa shape index (κ1) is 32.7. The highest BCUT2D eigenvalue weighted by atomic mass is 16.6. The Morgan fingerprint density at radius 1 is 1.13 bits per heavy atom. The van der Waals surface area contributed by atoms with Crippen molar-refractivity contribution in [3.8, 4) is 11.5 Å². The summed E-state index contributed by atoms with van der Waals surface area (Å²) in [5, 5.41) is 22.4. The van der Waals surface area contributed by atoms with Crippen molar-refractivity contribution in [2.45, 2.75) is 39.3 Å². The van der Waals surface area contributed by atoms with Gasteiger partial charge in [-0.3, -0.25) is 34.5 Å². The molecule has 0 saturated carbocycles. The van der Waals surface area contributed by atoms with Crippen LogP contribution in [0.1, 0.15) is 62.7 Å². The van der Waals surface area contributed by atoms with E-state index in [0.717, 1.165) is 6.07 Å². The maximum atomic E-state index is 13.4. The van der Waals surface area contributed by atoms with E-state index >= 15 is 0 Å². The number of carbonyl (C=O) groups is 3. The van der Waals surface area contributed by atoms with E-state index in [-0.39, 0.29) is 54.0 Å². The Labute approximate surface area is 268 Å². The fraction of sp³-hybridized carbons (Fsp3) is 0.367. The molecule has 6 N–H and O–H groups in total. The third kappa shape index (κ3) is 6.79. The second-order valence-corrected chi connectivity index (χ2v) is 10.8. The minimum atomic E-state index is -0.838. The van der Waals surface area contributed by atoms with E-state index < -0.39 is 28.7 Å². The Morgan fingerprint density at radius 2 is 1.87 bits per heavy atom. The van der Waals surface area contributed by atoms with Gasteiger partial charge in [0.1, 0.15) is 29.3 Å². The monoisotopic (exact) mass is 649 g/mol. The van der Waals surface area contributed by atoms with E-state index in [9.17, 15) is 24.5 Å². The smallest absolute Gasteiger partial charge is 0.296 e. The lowest BCUT2D eigenvalue weighted by Crippen LogP contribution is -2.27. The number of methoxy groups -OCH3 is 1. The number of anilines is 2. The van der Waals surface area contributed by atoms with E-state index in [2.05, 4.69) is 20.7 Å². The van der Waals surface area contributed by atoms with Crippen molar-refractivity contribution < 1.29 is 33.5 Å². The summed E-state index contributed by atoms with van der Waals surface area (Å²) in [6.07, 6.45) is 0.847. The number of hydrogen-bond donors (Lipinski definition) is 4. The van der Waals surface area contributed by atoms with Crippen LogP contribution in [0.15, 0.2) is 30.3 Å². The van der Waals surface area contributed by atoms with E-state index in [4.69, 9.17) is 25.7 Å². The predicted molar refractivity (Wildman–Crippen MR) is 170 cm³/mol. The molecule has 0 saturated heterocycles. The summed E-state index contributed by atoms with van der Waals surface area (Å²) in [6, 6.07) is 6.76. The lowest BCUT2D eigenvalue weighted by atomic mass is 10.1. The van der Waals surface area contributed by atoms with E-state index in [1.807, 2.05) is 11.5 Å². The van der Waals surface area contributed by atoms with Gasteiger partial charge in [0.05, 0.1) is 28.8 Å². The highest BCUT2D eigenvalue weighted by molar-refractivity contribution is 6.04. The summed E-state index contributed by atoms with van der Waals surface area (Å²) >= 11 is 0. The van der Waals surface area contributed by atoms with Crippen LogP contribution in [0.5, 0.6) is 11.5 Å². The maximum Gasteiger partial charge on any atom is 0.296 e. The Morgan fingerprint density at radius 3 is 2.55 bits per heavy atom. The van der Waals surface area contributed by atoms with Gasteiger partial charge in [0.2, 0.25) is 17.8 Å². The van der Waals surface area contributed by atoms with Gasteiger partial charge < -0.3 is 35.6 Å². The second-order valence-electron chi connectivity index (χ2n) is 10.8. The zero-order valence-electron chi connectivity index (χ0n) is 26.1. The third-order valence-electron chi connectivity index (χ3n) is 7.58. The molecule has 0 spiro atoms. The molecule has 1 aliphatic heterocycles.